The molecule has 0 amide bonds. The summed E-state index contributed by atoms with van der Waals surface area (Å²) in [5.41, 5.74) is 6.86. The maximum absolute atomic E-state index is 7.39. The predicted octanol–water partition coefficient (Wildman–Crippen LogP) is 0.812. The molecule has 0 aromatic carbocycles. The van der Waals surface area contributed by atoms with E-state index in [0.717, 1.165) is 5.69 Å². The SMILES string of the molecule is COC(C)CNc1cnccc1C(=N)N. The minimum absolute atomic E-state index is 0.0324. The summed E-state index contributed by atoms with van der Waals surface area (Å²) in [5.74, 6) is 0.0324. The molecule has 0 saturated carbocycles. The molecule has 1 unspecified atom stereocenters. The van der Waals surface area contributed by atoms with E-state index in [1.54, 1.807) is 25.6 Å². The van der Waals surface area contributed by atoms with Crippen molar-refractivity contribution in [3.8, 4) is 0 Å². The van der Waals surface area contributed by atoms with E-state index in [2.05, 4.69) is 10.3 Å². The first-order chi connectivity index (χ1) is 7.15. The second-order valence-electron chi connectivity index (χ2n) is 3.26. The zero-order chi connectivity index (χ0) is 11.3. The molecule has 1 aromatic rings. The van der Waals surface area contributed by atoms with Crippen LogP contribution in [0.4, 0.5) is 5.69 Å². The van der Waals surface area contributed by atoms with E-state index in [1.165, 1.54) is 0 Å². The van der Waals surface area contributed by atoms with Crippen molar-refractivity contribution in [2.75, 3.05) is 19.0 Å². The van der Waals surface area contributed by atoms with Gasteiger partial charge in [-0.1, -0.05) is 0 Å². The third kappa shape index (κ3) is 3.21. The number of rotatable bonds is 5. The van der Waals surface area contributed by atoms with Crippen molar-refractivity contribution in [1.82, 2.24) is 4.98 Å². The fourth-order valence-electron chi connectivity index (χ4n) is 1.11. The van der Waals surface area contributed by atoms with Crippen LogP contribution in [0.5, 0.6) is 0 Å². The molecule has 1 atom stereocenters. The fraction of sp³-hybridized carbons (Fsp3) is 0.400. The van der Waals surface area contributed by atoms with Gasteiger partial charge >= 0.3 is 0 Å². The molecule has 4 N–H and O–H groups in total. The van der Waals surface area contributed by atoms with Crippen molar-refractivity contribution in [2.24, 2.45) is 5.73 Å². The van der Waals surface area contributed by atoms with Crippen LogP contribution in [0.25, 0.3) is 0 Å². The summed E-state index contributed by atoms with van der Waals surface area (Å²) in [6.07, 6.45) is 3.37. The van der Waals surface area contributed by atoms with Gasteiger partial charge in [0.25, 0.3) is 0 Å². The maximum Gasteiger partial charge on any atom is 0.125 e. The first-order valence-corrected chi connectivity index (χ1v) is 4.70. The fourth-order valence-corrected chi connectivity index (χ4v) is 1.11. The second kappa shape index (κ2) is 5.31. The van der Waals surface area contributed by atoms with Gasteiger partial charge in [0, 0.05) is 25.4 Å². The standard InChI is InChI=1S/C10H16N4O/c1-7(15-2)5-14-9-6-13-4-3-8(9)10(11)12/h3-4,6-7,14H,5H2,1-2H3,(H3,11,12). The van der Waals surface area contributed by atoms with Crippen LogP contribution in [-0.4, -0.2) is 30.6 Å². The van der Waals surface area contributed by atoms with E-state index in [9.17, 15) is 0 Å². The van der Waals surface area contributed by atoms with Crippen molar-refractivity contribution in [1.29, 1.82) is 5.41 Å². The van der Waals surface area contributed by atoms with Crippen LogP contribution in [0.3, 0.4) is 0 Å². The largest absolute Gasteiger partial charge is 0.384 e. The monoisotopic (exact) mass is 208 g/mol. The minimum atomic E-state index is 0.0324. The molecule has 0 aliphatic heterocycles. The number of hydrogen-bond acceptors (Lipinski definition) is 4. The van der Waals surface area contributed by atoms with Gasteiger partial charge in [-0.05, 0) is 13.0 Å². The van der Waals surface area contributed by atoms with Crippen LogP contribution in [0.1, 0.15) is 12.5 Å². The van der Waals surface area contributed by atoms with Crippen molar-refractivity contribution in [3.63, 3.8) is 0 Å². The molecule has 1 aromatic heterocycles. The average molecular weight is 208 g/mol. The number of amidine groups is 1. The number of nitrogens with one attached hydrogen (secondary N) is 2. The van der Waals surface area contributed by atoms with Gasteiger partial charge in [-0.15, -0.1) is 0 Å². The molecular weight excluding hydrogens is 192 g/mol. The van der Waals surface area contributed by atoms with E-state index >= 15 is 0 Å². The summed E-state index contributed by atoms with van der Waals surface area (Å²) in [6.45, 7) is 2.61. The number of methoxy groups -OCH3 is 1. The third-order valence-electron chi connectivity index (χ3n) is 2.09. The van der Waals surface area contributed by atoms with Gasteiger partial charge in [0.15, 0.2) is 0 Å². The van der Waals surface area contributed by atoms with Crippen LogP contribution in [-0.2, 0) is 4.74 Å². The highest BCUT2D eigenvalue weighted by Crippen LogP contribution is 2.12. The number of pyridine rings is 1. The lowest BCUT2D eigenvalue weighted by molar-refractivity contribution is 0.129. The number of nitrogen functional groups attached to an aromatic ring is 1. The van der Waals surface area contributed by atoms with Gasteiger partial charge in [0.05, 0.1) is 18.0 Å². The van der Waals surface area contributed by atoms with E-state index in [-0.39, 0.29) is 11.9 Å². The van der Waals surface area contributed by atoms with Crippen LogP contribution in [0, 0.1) is 5.41 Å². The van der Waals surface area contributed by atoms with Crippen LogP contribution in [0.15, 0.2) is 18.5 Å². The van der Waals surface area contributed by atoms with Crippen molar-refractivity contribution in [3.05, 3.63) is 24.0 Å². The molecule has 0 fully saturated rings. The summed E-state index contributed by atoms with van der Waals surface area (Å²) < 4.78 is 5.10. The molecule has 0 saturated heterocycles. The molecule has 0 bridgehead atoms. The van der Waals surface area contributed by atoms with Gasteiger partial charge in [-0.2, -0.15) is 0 Å². The number of hydrogen-bond donors (Lipinski definition) is 3. The van der Waals surface area contributed by atoms with E-state index < -0.39 is 0 Å². The Bertz CT molecular complexity index is 340. The highest BCUT2D eigenvalue weighted by Gasteiger charge is 2.05. The molecule has 15 heavy (non-hydrogen) atoms. The topological polar surface area (TPSA) is 84.0 Å². The summed E-state index contributed by atoms with van der Waals surface area (Å²) in [7, 11) is 1.65. The van der Waals surface area contributed by atoms with Crippen molar-refractivity contribution < 1.29 is 4.74 Å². The molecule has 1 heterocycles. The Balaban J connectivity index is 2.72. The van der Waals surface area contributed by atoms with E-state index in [4.69, 9.17) is 15.9 Å². The molecule has 0 spiro atoms. The molecule has 0 aliphatic rings. The Morgan fingerprint density at radius 3 is 3.07 bits per heavy atom. The summed E-state index contributed by atoms with van der Waals surface area (Å²) in [6, 6.07) is 1.71. The molecule has 0 radical (unpaired) electrons. The Labute approximate surface area is 89.2 Å². The molecule has 1 rings (SSSR count). The van der Waals surface area contributed by atoms with Gasteiger partial charge in [0.2, 0.25) is 0 Å². The second-order valence-corrected chi connectivity index (χ2v) is 3.26. The number of anilines is 1. The number of nitrogens with two attached hydrogens (primary N) is 1. The lowest BCUT2D eigenvalue weighted by atomic mass is 10.2. The Morgan fingerprint density at radius 1 is 1.73 bits per heavy atom. The molecule has 5 heteroatoms. The van der Waals surface area contributed by atoms with Gasteiger partial charge in [-0.3, -0.25) is 10.4 Å². The first-order valence-electron chi connectivity index (χ1n) is 4.70. The highest BCUT2D eigenvalue weighted by atomic mass is 16.5. The lowest BCUT2D eigenvalue weighted by Gasteiger charge is -2.13. The van der Waals surface area contributed by atoms with Gasteiger partial charge in [-0.25, -0.2) is 0 Å². The normalized spacial score (nSPS) is 12.1. The third-order valence-corrected chi connectivity index (χ3v) is 2.09. The van der Waals surface area contributed by atoms with E-state index in [1.807, 2.05) is 6.92 Å². The Morgan fingerprint density at radius 2 is 2.47 bits per heavy atom. The molecule has 5 nitrogen and oxygen atoms in total. The number of ether oxygens (including phenoxy) is 1. The number of nitrogens with zero attached hydrogens (tertiary/aromatic N) is 1. The van der Waals surface area contributed by atoms with Gasteiger partial charge in [0.1, 0.15) is 5.84 Å². The predicted molar refractivity (Wildman–Crippen MR) is 60.2 cm³/mol. The van der Waals surface area contributed by atoms with Gasteiger partial charge < -0.3 is 15.8 Å². The molecular formula is C10H16N4O. The highest BCUT2D eigenvalue weighted by molar-refractivity contribution is 5.99. The zero-order valence-corrected chi connectivity index (χ0v) is 8.95. The quantitative estimate of drug-likeness (QED) is 0.494. The van der Waals surface area contributed by atoms with E-state index in [0.29, 0.717) is 12.1 Å². The molecule has 0 aliphatic carbocycles. The van der Waals surface area contributed by atoms with Crippen molar-refractivity contribution >= 4 is 11.5 Å². The average Bonchev–Trinajstić information content (AvgIpc) is 2.26. The van der Waals surface area contributed by atoms with Crippen LogP contribution in [0.2, 0.25) is 0 Å². The first kappa shape index (κ1) is 11.5. The lowest BCUT2D eigenvalue weighted by Crippen LogP contribution is -2.21. The smallest absolute Gasteiger partial charge is 0.125 e. The summed E-state index contributed by atoms with van der Waals surface area (Å²) in [5, 5.41) is 10.5. The maximum atomic E-state index is 7.39. The van der Waals surface area contributed by atoms with Crippen LogP contribution >= 0.6 is 0 Å². The zero-order valence-electron chi connectivity index (χ0n) is 8.95. The minimum Gasteiger partial charge on any atom is -0.384 e. The van der Waals surface area contributed by atoms with Crippen molar-refractivity contribution in [2.45, 2.75) is 13.0 Å². The summed E-state index contributed by atoms with van der Waals surface area (Å²) in [4.78, 5) is 3.98. The van der Waals surface area contributed by atoms with Crippen LogP contribution < -0.4 is 11.1 Å². The Kier molecular flexibility index (Phi) is 4.05. The molecule has 82 valence electrons. The Hall–Kier alpha value is -1.62. The summed E-state index contributed by atoms with van der Waals surface area (Å²) >= 11 is 0. The number of aromatic nitrogens is 1.